The number of rotatable bonds is 5. The number of benzene rings is 2. The second-order valence-corrected chi connectivity index (χ2v) is 7.98. The number of nitrogens with one attached hydrogen (secondary N) is 1. The minimum absolute atomic E-state index is 0.00169. The number of para-hydroxylation sites is 1. The number of hydrogen-bond donors (Lipinski definition) is 1. The summed E-state index contributed by atoms with van der Waals surface area (Å²) in [4.78, 5) is 23.4. The van der Waals surface area contributed by atoms with E-state index in [1.165, 1.54) is 23.5 Å². The van der Waals surface area contributed by atoms with E-state index in [1.54, 1.807) is 18.3 Å². The molecule has 2 heterocycles. The number of nitro groups is 1. The molecule has 0 aliphatic rings. The topological polar surface area (TPSA) is 89.5 Å². The fourth-order valence-corrected chi connectivity index (χ4v) is 4.17. The third-order valence-electron chi connectivity index (χ3n) is 4.63. The summed E-state index contributed by atoms with van der Waals surface area (Å²) in [5, 5.41) is 16.8. The van der Waals surface area contributed by atoms with Crippen LogP contribution in [-0.2, 0) is 0 Å². The van der Waals surface area contributed by atoms with E-state index in [4.69, 9.17) is 0 Å². The number of fused-ring (bicyclic) bond motifs is 2. The summed E-state index contributed by atoms with van der Waals surface area (Å²) in [5.41, 5.74) is 4.58. The molecule has 0 aliphatic carbocycles. The zero-order chi connectivity index (χ0) is 20.5. The van der Waals surface area contributed by atoms with Crippen LogP contribution >= 0.6 is 11.3 Å². The zero-order valence-corrected chi connectivity index (χ0v) is 16.6. The van der Waals surface area contributed by atoms with Gasteiger partial charge in [0.2, 0.25) is 0 Å². The number of amides is 1. The molecule has 4 aromatic rings. The molecule has 2 aromatic carbocycles. The summed E-state index contributed by atoms with van der Waals surface area (Å²) in [7, 11) is 0. The average Bonchev–Trinajstić information content (AvgIpc) is 3.29. The fraction of sp³-hybridized carbons (Fsp3) is 0.143. The molecule has 146 valence electrons. The Hall–Kier alpha value is -3.52. The summed E-state index contributed by atoms with van der Waals surface area (Å²) in [5.74, 6) is -0.349. The van der Waals surface area contributed by atoms with Gasteiger partial charge in [0.05, 0.1) is 16.0 Å². The van der Waals surface area contributed by atoms with Gasteiger partial charge in [-0.15, -0.1) is 11.3 Å². The molecule has 0 aliphatic heterocycles. The summed E-state index contributed by atoms with van der Waals surface area (Å²) >= 11 is 1.27. The molecule has 4 rings (SSSR count). The monoisotopic (exact) mass is 406 g/mol. The lowest BCUT2D eigenvalue weighted by Gasteiger charge is -2.08. The Bertz CT molecular complexity index is 1270. The highest BCUT2D eigenvalue weighted by molar-refractivity contribution is 7.20. The van der Waals surface area contributed by atoms with E-state index in [0.29, 0.717) is 16.3 Å². The van der Waals surface area contributed by atoms with Gasteiger partial charge in [-0.3, -0.25) is 14.9 Å². The second kappa shape index (κ2) is 7.48. The van der Waals surface area contributed by atoms with Gasteiger partial charge in [0.25, 0.3) is 11.6 Å². The third-order valence-corrected chi connectivity index (χ3v) is 5.75. The molecule has 0 bridgehead atoms. The van der Waals surface area contributed by atoms with Crippen molar-refractivity contribution >= 4 is 50.1 Å². The van der Waals surface area contributed by atoms with E-state index in [0.717, 1.165) is 21.2 Å². The minimum atomic E-state index is -0.450. The normalized spacial score (nSPS) is 11.7. The van der Waals surface area contributed by atoms with Crippen LogP contribution in [-0.4, -0.2) is 21.6 Å². The molecule has 0 saturated carbocycles. The number of thiophene rings is 1. The summed E-state index contributed by atoms with van der Waals surface area (Å²) < 4.78 is 2.97. The average molecular weight is 406 g/mol. The van der Waals surface area contributed by atoms with E-state index in [2.05, 4.69) is 35.0 Å². The molecule has 2 aromatic heterocycles. The van der Waals surface area contributed by atoms with Crippen molar-refractivity contribution in [2.75, 3.05) is 0 Å². The lowest BCUT2D eigenvalue weighted by molar-refractivity contribution is -0.384. The van der Waals surface area contributed by atoms with Gasteiger partial charge in [-0.2, -0.15) is 5.10 Å². The first-order valence-electron chi connectivity index (χ1n) is 9.05. The Morgan fingerprint density at radius 3 is 2.79 bits per heavy atom. The number of nitrogens with zero attached hydrogens (tertiary/aromatic N) is 3. The van der Waals surface area contributed by atoms with Crippen LogP contribution in [0.5, 0.6) is 0 Å². The first-order valence-corrected chi connectivity index (χ1v) is 9.86. The Kier molecular flexibility index (Phi) is 4.85. The third kappa shape index (κ3) is 3.62. The Morgan fingerprint density at radius 2 is 2.03 bits per heavy atom. The molecule has 8 heteroatoms. The second-order valence-electron chi connectivity index (χ2n) is 6.89. The number of carbonyl (C=O) groups excluding carboxylic acids is 1. The van der Waals surface area contributed by atoms with Crippen LogP contribution in [0.1, 0.15) is 35.1 Å². The van der Waals surface area contributed by atoms with Crippen LogP contribution in [0.3, 0.4) is 0 Å². The lowest BCUT2D eigenvalue weighted by Crippen LogP contribution is -2.16. The van der Waals surface area contributed by atoms with Crippen LogP contribution in [0.15, 0.2) is 59.8 Å². The SMILES string of the molecule is CC(C)n1cc(/C=N\NC(=O)c2cc3cc([N+](=O)[O-])ccc3s2)c2ccccc21. The summed E-state index contributed by atoms with van der Waals surface area (Å²) in [6.45, 7) is 4.22. The van der Waals surface area contributed by atoms with Gasteiger partial charge in [0.15, 0.2) is 0 Å². The van der Waals surface area contributed by atoms with E-state index in [1.807, 2.05) is 24.4 Å². The van der Waals surface area contributed by atoms with Crippen LogP contribution in [0, 0.1) is 10.1 Å². The molecular weight excluding hydrogens is 388 g/mol. The lowest BCUT2D eigenvalue weighted by atomic mass is 10.2. The van der Waals surface area contributed by atoms with Crippen molar-refractivity contribution in [1.29, 1.82) is 0 Å². The van der Waals surface area contributed by atoms with Crippen molar-refractivity contribution in [2.24, 2.45) is 5.10 Å². The summed E-state index contributed by atoms with van der Waals surface area (Å²) in [6, 6.07) is 14.5. The first kappa shape index (κ1) is 18.8. The predicted octanol–water partition coefficient (Wildman–Crippen LogP) is 5.11. The minimum Gasteiger partial charge on any atom is -0.344 e. The van der Waals surface area contributed by atoms with Gasteiger partial charge < -0.3 is 4.57 Å². The molecule has 0 radical (unpaired) electrons. The molecule has 0 atom stereocenters. The van der Waals surface area contributed by atoms with Gasteiger partial charge in [-0.05, 0) is 32.0 Å². The maximum atomic E-state index is 12.4. The molecule has 0 unspecified atom stereocenters. The van der Waals surface area contributed by atoms with Crippen LogP contribution in [0.25, 0.3) is 21.0 Å². The van der Waals surface area contributed by atoms with Crippen LogP contribution in [0.4, 0.5) is 5.69 Å². The number of hydrogen-bond acceptors (Lipinski definition) is 5. The highest BCUT2D eigenvalue weighted by Gasteiger charge is 2.13. The van der Waals surface area contributed by atoms with E-state index in [9.17, 15) is 14.9 Å². The van der Waals surface area contributed by atoms with Crippen molar-refractivity contribution in [3.8, 4) is 0 Å². The molecular formula is C21H18N4O3S. The first-order chi connectivity index (χ1) is 13.9. The highest BCUT2D eigenvalue weighted by atomic mass is 32.1. The number of nitro benzene ring substituents is 1. The Labute approximate surface area is 170 Å². The van der Waals surface area contributed by atoms with Gasteiger partial charge in [0, 0.05) is 50.9 Å². The number of hydrazone groups is 1. The smallest absolute Gasteiger partial charge is 0.281 e. The van der Waals surface area contributed by atoms with Gasteiger partial charge in [-0.25, -0.2) is 5.43 Å². The largest absolute Gasteiger partial charge is 0.344 e. The number of carbonyl (C=O) groups is 1. The predicted molar refractivity (Wildman–Crippen MR) is 116 cm³/mol. The van der Waals surface area contributed by atoms with Crippen molar-refractivity contribution in [3.05, 3.63) is 75.3 Å². The quantitative estimate of drug-likeness (QED) is 0.284. The highest BCUT2D eigenvalue weighted by Crippen LogP contribution is 2.29. The van der Waals surface area contributed by atoms with Gasteiger partial charge >= 0.3 is 0 Å². The number of aromatic nitrogens is 1. The molecule has 0 fully saturated rings. The standard InChI is InChI=1S/C21H18N4O3S/c1-13(2)24-12-15(17-5-3-4-6-18(17)24)11-22-23-21(26)20-10-14-9-16(25(27)28)7-8-19(14)29-20/h3-13H,1-2H3,(H,23,26)/b22-11-. The molecule has 29 heavy (non-hydrogen) atoms. The van der Waals surface area contributed by atoms with Crippen LogP contribution < -0.4 is 5.43 Å². The molecule has 1 N–H and O–H groups in total. The zero-order valence-electron chi connectivity index (χ0n) is 15.8. The Balaban J connectivity index is 1.55. The molecule has 1 amide bonds. The summed E-state index contributed by atoms with van der Waals surface area (Å²) in [6.07, 6.45) is 3.65. The Morgan fingerprint density at radius 1 is 1.24 bits per heavy atom. The molecule has 7 nitrogen and oxygen atoms in total. The van der Waals surface area contributed by atoms with Gasteiger partial charge in [0.1, 0.15) is 0 Å². The number of non-ortho nitro benzene ring substituents is 1. The van der Waals surface area contributed by atoms with Crippen molar-refractivity contribution in [1.82, 2.24) is 9.99 Å². The fourth-order valence-electron chi connectivity index (χ4n) is 3.23. The maximum Gasteiger partial charge on any atom is 0.281 e. The van der Waals surface area contributed by atoms with E-state index in [-0.39, 0.29) is 11.6 Å². The van der Waals surface area contributed by atoms with Gasteiger partial charge in [-0.1, -0.05) is 18.2 Å². The van der Waals surface area contributed by atoms with Crippen molar-refractivity contribution in [3.63, 3.8) is 0 Å². The maximum absolute atomic E-state index is 12.4. The molecule has 0 saturated heterocycles. The van der Waals surface area contributed by atoms with Crippen LogP contribution in [0.2, 0.25) is 0 Å². The van der Waals surface area contributed by atoms with Crippen molar-refractivity contribution in [2.45, 2.75) is 19.9 Å². The van der Waals surface area contributed by atoms with E-state index < -0.39 is 4.92 Å². The van der Waals surface area contributed by atoms with Crippen molar-refractivity contribution < 1.29 is 9.72 Å². The van der Waals surface area contributed by atoms with E-state index >= 15 is 0 Å². The molecule has 0 spiro atoms.